The molecule has 0 unspecified atom stereocenters. The lowest BCUT2D eigenvalue weighted by Crippen LogP contribution is -2.19. The van der Waals surface area contributed by atoms with E-state index < -0.39 is 12.2 Å². The lowest BCUT2D eigenvalue weighted by Gasteiger charge is -2.11. The van der Waals surface area contributed by atoms with Crippen LogP contribution >= 0.6 is 22.6 Å². The number of nitrogens with zero attached hydrogens (tertiary/aromatic N) is 1. The number of carbonyl (C=O) groups is 1. The summed E-state index contributed by atoms with van der Waals surface area (Å²) < 4.78 is 39.5. The van der Waals surface area contributed by atoms with Gasteiger partial charge in [-0.25, -0.2) is 4.98 Å². The Hall–Kier alpha value is -0.900. The van der Waals surface area contributed by atoms with Crippen molar-refractivity contribution in [3.8, 4) is 5.88 Å². The number of hydrogen-bond acceptors (Lipinski definition) is 4. The second-order valence-electron chi connectivity index (χ2n) is 2.69. The van der Waals surface area contributed by atoms with Crippen LogP contribution in [0.3, 0.4) is 0 Å². The van der Waals surface area contributed by atoms with Gasteiger partial charge in [0.15, 0.2) is 6.29 Å². The van der Waals surface area contributed by atoms with Gasteiger partial charge in [-0.15, -0.1) is 13.2 Å². The highest BCUT2D eigenvalue weighted by Gasteiger charge is 2.33. The number of ether oxygens (including phenoxy) is 1. The molecule has 4 nitrogen and oxygen atoms in total. The highest BCUT2D eigenvalue weighted by Crippen LogP contribution is 2.28. The lowest BCUT2D eigenvalue weighted by atomic mass is 10.1. The number of hydrogen-bond donors (Lipinski definition) is 1. The molecule has 1 aromatic heterocycles. The summed E-state index contributed by atoms with van der Waals surface area (Å²) in [6, 6.07) is 0. The second-order valence-corrected chi connectivity index (χ2v) is 3.76. The fourth-order valence-corrected chi connectivity index (χ4v) is 1.71. The van der Waals surface area contributed by atoms with Crippen LogP contribution in [0.5, 0.6) is 5.88 Å². The molecule has 88 valence electrons. The first-order chi connectivity index (χ1) is 7.39. The summed E-state index contributed by atoms with van der Waals surface area (Å²) in [6.07, 6.45) is -3.32. The number of carbonyl (C=O) groups excluding carboxylic acids is 1. The summed E-state index contributed by atoms with van der Waals surface area (Å²) in [4.78, 5) is 14.2. The van der Waals surface area contributed by atoms with Crippen molar-refractivity contribution in [1.82, 2.24) is 4.98 Å². The zero-order valence-corrected chi connectivity index (χ0v) is 9.87. The molecular weight excluding hydrogens is 340 g/mol. The maximum atomic E-state index is 12.0. The third-order valence-corrected chi connectivity index (χ3v) is 2.70. The number of aromatic nitrogens is 1. The molecule has 0 atom stereocenters. The summed E-state index contributed by atoms with van der Waals surface area (Å²) in [5.41, 5.74) is 5.74. The van der Waals surface area contributed by atoms with Crippen LogP contribution in [0.15, 0.2) is 6.20 Å². The van der Waals surface area contributed by atoms with E-state index >= 15 is 0 Å². The second kappa shape index (κ2) is 4.95. The Balaban J connectivity index is 3.19. The van der Waals surface area contributed by atoms with Gasteiger partial charge in [-0.05, 0) is 28.2 Å². The summed E-state index contributed by atoms with van der Waals surface area (Å²) in [6.45, 7) is 0.0172. The van der Waals surface area contributed by atoms with Gasteiger partial charge in [-0.2, -0.15) is 0 Å². The topological polar surface area (TPSA) is 65.2 Å². The highest BCUT2D eigenvalue weighted by molar-refractivity contribution is 14.1. The fourth-order valence-electron chi connectivity index (χ4n) is 0.990. The van der Waals surface area contributed by atoms with Gasteiger partial charge in [0.25, 0.3) is 0 Å². The molecule has 0 saturated carbocycles. The van der Waals surface area contributed by atoms with E-state index in [2.05, 4.69) is 9.72 Å². The van der Waals surface area contributed by atoms with Crippen LogP contribution in [0.4, 0.5) is 13.2 Å². The van der Waals surface area contributed by atoms with Gasteiger partial charge in [-0.3, -0.25) is 4.79 Å². The van der Waals surface area contributed by atoms with Crippen LogP contribution in [0.1, 0.15) is 15.9 Å². The Labute approximate surface area is 102 Å². The molecule has 0 aliphatic carbocycles. The molecule has 0 aromatic carbocycles. The minimum atomic E-state index is -4.84. The predicted octanol–water partition coefficient (Wildman–Crippen LogP) is 1.86. The molecular formula is C8H6F3IN2O2. The normalized spacial score (nSPS) is 11.3. The molecule has 8 heteroatoms. The van der Waals surface area contributed by atoms with Crippen LogP contribution in [0.2, 0.25) is 0 Å². The first-order valence-electron chi connectivity index (χ1n) is 3.97. The summed E-state index contributed by atoms with van der Waals surface area (Å²) in [7, 11) is 0. The average molecular weight is 346 g/mol. The van der Waals surface area contributed by atoms with Crippen molar-refractivity contribution in [3.63, 3.8) is 0 Å². The van der Waals surface area contributed by atoms with Gasteiger partial charge in [0.1, 0.15) is 0 Å². The Bertz CT molecular complexity index is 409. The van der Waals surface area contributed by atoms with E-state index in [1.807, 2.05) is 0 Å². The van der Waals surface area contributed by atoms with Crippen molar-refractivity contribution >= 4 is 28.9 Å². The number of nitrogens with two attached hydrogens (primary N) is 1. The average Bonchev–Trinajstić information content (AvgIpc) is 2.19. The third kappa shape index (κ3) is 3.04. The molecule has 0 spiro atoms. The van der Waals surface area contributed by atoms with Crippen LogP contribution in [-0.4, -0.2) is 17.6 Å². The maximum Gasteiger partial charge on any atom is 0.574 e. The van der Waals surface area contributed by atoms with Crippen molar-refractivity contribution < 1.29 is 22.7 Å². The fraction of sp³-hybridized carbons (Fsp3) is 0.250. The number of halogens is 4. The maximum absolute atomic E-state index is 12.0. The molecule has 0 aliphatic heterocycles. The summed E-state index contributed by atoms with van der Waals surface area (Å²) >= 11 is 1.56. The van der Waals surface area contributed by atoms with Gasteiger partial charge in [0.2, 0.25) is 5.88 Å². The number of rotatable bonds is 3. The van der Waals surface area contributed by atoms with E-state index in [0.29, 0.717) is 11.8 Å². The number of pyridine rings is 1. The lowest BCUT2D eigenvalue weighted by molar-refractivity contribution is -0.276. The quantitative estimate of drug-likeness (QED) is 0.670. The van der Waals surface area contributed by atoms with Crippen molar-refractivity contribution in [2.24, 2.45) is 5.73 Å². The van der Waals surface area contributed by atoms with Crippen LogP contribution < -0.4 is 10.5 Å². The summed E-state index contributed by atoms with van der Waals surface area (Å²) in [5, 5.41) is 0. The van der Waals surface area contributed by atoms with Crippen LogP contribution in [0.25, 0.3) is 0 Å². The minimum absolute atomic E-state index is 0.00660. The molecule has 0 radical (unpaired) electrons. The standard InChI is InChI=1S/C8H6F3IN2O2/c9-8(10,11)16-7-6(12)5(3-15)4(1-13)2-14-7/h2-3H,1,13H2. The van der Waals surface area contributed by atoms with Gasteiger partial charge in [0, 0.05) is 18.3 Å². The Kier molecular flexibility index (Phi) is 4.08. The zero-order chi connectivity index (χ0) is 12.3. The van der Waals surface area contributed by atoms with Gasteiger partial charge < -0.3 is 10.5 Å². The molecule has 0 bridgehead atoms. The molecule has 0 fully saturated rings. The smallest absolute Gasteiger partial charge is 0.387 e. The number of aldehydes is 1. The van der Waals surface area contributed by atoms with E-state index in [1.54, 1.807) is 22.6 Å². The summed E-state index contributed by atoms with van der Waals surface area (Å²) in [5.74, 6) is -0.646. The Morgan fingerprint density at radius 2 is 2.19 bits per heavy atom. The largest absolute Gasteiger partial charge is 0.574 e. The van der Waals surface area contributed by atoms with Crippen LogP contribution in [0, 0.1) is 3.57 Å². The predicted molar refractivity (Wildman–Crippen MR) is 56.9 cm³/mol. The molecule has 1 aromatic rings. The molecule has 2 N–H and O–H groups in total. The highest BCUT2D eigenvalue weighted by atomic mass is 127. The van der Waals surface area contributed by atoms with E-state index in [0.717, 1.165) is 6.20 Å². The molecule has 0 saturated heterocycles. The molecule has 1 heterocycles. The van der Waals surface area contributed by atoms with E-state index in [-0.39, 0.29) is 15.7 Å². The first kappa shape index (κ1) is 13.2. The SMILES string of the molecule is NCc1cnc(OC(F)(F)F)c(I)c1C=O. The zero-order valence-electron chi connectivity index (χ0n) is 7.71. The Morgan fingerprint density at radius 3 is 2.62 bits per heavy atom. The molecule has 16 heavy (non-hydrogen) atoms. The third-order valence-electron chi connectivity index (χ3n) is 1.66. The van der Waals surface area contributed by atoms with Crippen LogP contribution in [-0.2, 0) is 6.54 Å². The van der Waals surface area contributed by atoms with Crippen molar-refractivity contribution in [3.05, 3.63) is 20.9 Å². The van der Waals surface area contributed by atoms with E-state index in [4.69, 9.17) is 5.73 Å². The van der Waals surface area contributed by atoms with E-state index in [1.165, 1.54) is 0 Å². The van der Waals surface area contributed by atoms with Gasteiger partial charge in [0.05, 0.1) is 3.57 Å². The van der Waals surface area contributed by atoms with Crippen molar-refractivity contribution in [2.45, 2.75) is 12.9 Å². The van der Waals surface area contributed by atoms with Gasteiger partial charge >= 0.3 is 6.36 Å². The Morgan fingerprint density at radius 1 is 1.56 bits per heavy atom. The minimum Gasteiger partial charge on any atom is -0.387 e. The monoisotopic (exact) mass is 346 g/mol. The van der Waals surface area contributed by atoms with Crippen molar-refractivity contribution in [2.75, 3.05) is 0 Å². The molecule has 0 aliphatic rings. The van der Waals surface area contributed by atoms with E-state index in [9.17, 15) is 18.0 Å². The molecule has 0 amide bonds. The van der Waals surface area contributed by atoms with Crippen molar-refractivity contribution in [1.29, 1.82) is 0 Å². The molecule has 1 rings (SSSR count). The number of alkyl halides is 3. The first-order valence-corrected chi connectivity index (χ1v) is 5.05. The van der Waals surface area contributed by atoms with Gasteiger partial charge in [-0.1, -0.05) is 0 Å².